The van der Waals surface area contributed by atoms with Crippen molar-refractivity contribution in [1.29, 1.82) is 0 Å². The van der Waals surface area contributed by atoms with Crippen LogP contribution in [0.4, 0.5) is 0 Å². The zero-order valence-corrected chi connectivity index (χ0v) is 9.22. The molecule has 16 heavy (non-hydrogen) atoms. The van der Waals surface area contributed by atoms with Gasteiger partial charge in [0, 0.05) is 12.1 Å². The summed E-state index contributed by atoms with van der Waals surface area (Å²) in [4.78, 5) is 0. The molecule has 5 N–H and O–H groups in total. The molecule has 0 atom stereocenters. The van der Waals surface area contributed by atoms with Crippen LogP contribution in [-0.2, 0) is 6.42 Å². The largest absolute Gasteiger partial charge is 0.508 e. The molecule has 0 aromatic heterocycles. The van der Waals surface area contributed by atoms with E-state index in [-0.39, 0.29) is 11.7 Å². The molecular formula is C11H16N4O. The third kappa shape index (κ3) is 4.00. The van der Waals surface area contributed by atoms with Crippen LogP contribution in [0.3, 0.4) is 0 Å². The molecule has 1 rings (SSSR count). The fourth-order valence-electron chi connectivity index (χ4n) is 1.21. The second-order valence-corrected chi connectivity index (χ2v) is 3.39. The van der Waals surface area contributed by atoms with E-state index in [4.69, 9.17) is 16.6 Å². The number of nitrogens with two attached hydrogens (primary N) is 2. The van der Waals surface area contributed by atoms with Crippen LogP contribution in [0.1, 0.15) is 18.9 Å². The Morgan fingerprint density at radius 1 is 1.19 bits per heavy atom. The van der Waals surface area contributed by atoms with Gasteiger partial charge >= 0.3 is 0 Å². The summed E-state index contributed by atoms with van der Waals surface area (Å²) in [6.07, 6.45) is 1.45. The van der Waals surface area contributed by atoms with Gasteiger partial charge in [-0.15, -0.1) is 5.10 Å². The Labute approximate surface area is 94.5 Å². The number of nitrogens with zero attached hydrogens (tertiary/aromatic N) is 2. The first-order valence-corrected chi connectivity index (χ1v) is 5.04. The Kier molecular flexibility index (Phi) is 4.32. The monoisotopic (exact) mass is 220 g/mol. The van der Waals surface area contributed by atoms with Crippen molar-refractivity contribution in [1.82, 2.24) is 0 Å². The number of phenolic OH excluding ortho intramolecular Hbond substituents is 1. The Morgan fingerprint density at radius 2 is 1.81 bits per heavy atom. The van der Waals surface area contributed by atoms with Crippen molar-refractivity contribution in [3.8, 4) is 5.75 Å². The van der Waals surface area contributed by atoms with E-state index in [2.05, 4.69) is 10.2 Å². The molecule has 1 aromatic rings. The predicted molar refractivity (Wildman–Crippen MR) is 65.3 cm³/mol. The molecule has 0 amide bonds. The second kappa shape index (κ2) is 5.75. The van der Waals surface area contributed by atoms with Crippen molar-refractivity contribution in [3.63, 3.8) is 0 Å². The molecule has 0 unspecified atom stereocenters. The molecule has 0 fully saturated rings. The third-order valence-corrected chi connectivity index (χ3v) is 2.06. The van der Waals surface area contributed by atoms with E-state index in [1.807, 2.05) is 19.1 Å². The lowest BCUT2D eigenvalue weighted by molar-refractivity contribution is 0.475. The van der Waals surface area contributed by atoms with Crippen LogP contribution in [0.2, 0.25) is 0 Å². The van der Waals surface area contributed by atoms with Crippen LogP contribution >= 0.6 is 0 Å². The van der Waals surface area contributed by atoms with Gasteiger partial charge in [-0.1, -0.05) is 19.1 Å². The minimum Gasteiger partial charge on any atom is -0.508 e. The maximum absolute atomic E-state index is 9.14. The highest BCUT2D eigenvalue weighted by Crippen LogP contribution is 2.11. The van der Waals surface area contributed by atoms with Crippen LogP contribution in [0.25, 0.3) is 0 Å². The average molecular weight is 220 g/mol. The number of phenols is 1. The summed E-state index contributed by atoms with van der Waals surface area (Å²) < 4.78 is 0. The Bertz CT molecular complexity index is 391. The SMILES string of the molecule is CCC(Cc1ccc(O)cc1)=NN=C(N)N. The molecule has 0 radical (unpaired) electrons. The topological polar surface area (TPSA) is 97.0 Å². The van der Waals surface area contributed by atoms with Gasteiger partial charge in [-0.3, -0.25) is 0 Å². The molecule has 0 aliphatic heterocycles. The van der Waals surface area contributed by atoms with Crippen LogP contribution < -0.4 is 11.5 Å². The van der Waals surface area contributed by atoms with Crippen LogP contribution in [0, 0.1) is 0 Å². The first-order valence-electron chi connectivity index (χ1n) is 5.04. The van der Waals surface area contributed by atoms with Crippen molar-refractivity contribution >= 4 is 11.7 Å². The smallest absolute Gasteiger partial charge is 0.211 e. The van der Waals surface area contributed by atoms with Crippen molar-refractivity contribution in [2.75, 3.05) is 0 Å². The molecule has 0 heterocycles. The average Bonchev–Trinajstić information content (AvgIpc) is 2.26. The van der Waals surface area contributed by atoms with Gasteiger partial charge in [-0.05, 0) is 24.1 Å². The van der Waals surface area contributed by atoms with E-state index < -0.39 is 0 Å². The summed E-state index contributed by atoms with van der Waals surface area (Å²) in [6.45, 7) is 1.99. The fourth-order valence-corrected chi connectivity index (χ4v) is 1.21. The fraction of sp³-hybridized carbons (Fsp3) is 0.273. The number of aromatic hydroxyl groups is 1. The van der Waals surface area contributed by atoms with E-state index >= 15 is 0 Å². The van der Waals surface area contributed by atoms with Crippen molar-refractivity contribution < 1.29 is 5.11 Å². The summed E-state index contributed by atoms with van der Waals surface area (Å²) in [5, 5.41) is 16.7. The molecular weight excluding hydrogens is 204 g/mol. The van der Waals surface area contributed by atoms with Crippen molar-refractivity contribution in [2.24, 2.45) is 21.7 Å². The standard InChI is InChI=1S/C11H16N4O/c1-2-9(14-15-11(12)13)7-8-3-5-10(16)6-4-8/h3-6,16H,2,7H2,1H3,(H4,12,13,15). The quantitative estimate of drug-likeness (QED) is 0.400. The zero-order chi connectivity index (χ0) is 12.0. The summed E-state index contributed by atoms with van der Waals surface area (Å²) >= 11 is 0. The van der Waals surface area contributed by atoms with Crippen molar-refractivity contribution in [3.05, 3.63) is 29.8 Å². The number of benzene rings is 1. The number of guanidine groups is 1. The molecule has 0 aliphatic rings. The first kappa shape index (κ1) is 12.0. The molecule has 0 saturated carbocycles. The van der Waals surface area contributed by atoms with Gasteiger partial charge in [0.25, 0.3) is 0 Å². The van der Waals surface area contributed by atoms with Gasteiger partial charge in [0.15, 0.2) is 0 Å². The van der Waals surface area contributed by atoms with Crippen molar-refractivity contribution in [2.45, 2.75) is 19.8 Å². The predicted octanol–water partition coefficient (Wildman–Crippen LogP) is 0.974. The summed E-state index contributed by atoms with van der Waals surface area (Å²) in [5.74, 6) is 0.208. The maximum Gasteiger partial charge on any atom is 0.211 e. The molecule has 1 aromatic carbocycles. The van der Waals surface area contributed by atoms with E-state index in [1.165, 1.54) is 0 Å². The van der Waals surface area contributed by atoms with Gasteiger partial charge in [0.05, 0.1) is 0 Å². The molecule has 0 aliphatic carbocycles. The molecule has 5 nitrogen and oxygen atoms in total. The van der Waals surface area contributed by atoms with E-state index in [1.54, 1.807) is 12.1 Å². The lowest BCUT2D eigenvalue weighted by atomic mass is 10.1. The molecule has 0 saturated heterocycles. The first-order chi connectivity index (χ1) is 7.61. The Balaban J connectivity index is 2.74. The molecule has 5 heteroatoms. The maximum atomic E-state index is 9.14. The van der Waals surface area contributed by atoms with Crippen LogP contribution in [-0.4, -0.2) is 16.8 Å². The van der Waals surface area contributed by atoms with Gasteiger partial charge in [0.2, 0.25) is 5.96 Å². The number of hydrogen-bond donors (Lipinski definition) is 3. The highest BCUT2D eigenvalue weighted by Gasteiger charge is 1.99. The highest BCUT2D eigenvalue weighted by atomic mass is 16.3. The van der Waals surface area contributed by atoms with Crippen LogP contribution in [0.5, 0.6) is 5.75 Å². The third-order valence-electron chi connectivity index (χ3n) is 2.06. The van der Waals surface area contributed by atoms with E-state index in [0.717, 1.165) is 17.7 Å². The lowest BCUT2D eigenvalue weighted by Gasteiger charge is -2.02. The van der Waals surface area contributed by atoms with E-state index in [9.17, 15) is 0 Å². The molecule has 0 spiro atoms. The summed E-state index contributed by atoms with van der Waals surface area (Å²) in [5.41, 5.74) is 12.3. The summed E-state index contributed by atoms with van der Waals surface area (Å²) in [6, 6.07) is 6.97. The highest BCUT2D eigenvalue weighted by molar-refractivity contribution is 5.87. The Hall–Kier alpha value is -2.04. The van der Waals surface area contributed by atoms with Gasteiger partial charge in [-0.25, -0.2) is 0 Å². The minimum absolute atomic E-state index is 0.0448. The Morgan fingerprint density at radius 3 is 2.31 bits per heavy atom. The molecule has 86 valence electrons. The van der Waals surface area contributed by atoms with Gasteiger partial charge in [0.1, 0.15) is 5.75 Å². The molecule has 0 bridgehead atoms. The number of rotatable bonds is 4. The van der Waals surface area contributed by atoms with E-state index in [0.29, 0.717) is 6.42 Å². The van der Waals surface area contributed by atoms with Gasteiger partial charge in [-0.2, -0.15) is 5.10 Å². The summed E-state index contributed by atoms with van der Waals surface area (Å²) in [7, 11) is 0. The minimum atomic E-state index is -0.0448. The number of hydrogen-bond acceptors (Lipinski definition) is 3. The zero-order valence-electron chi connectivity index (χ0n) is 9.22. The van der Waals surface area contributed by atoms with Gasteiger partial charge < -0.3 is 16.6 Å². The van der Waals surface area contributed by atoms with Crippen LogP contribution in [0.15, 0.2) is 34.5 Å². The lowest BCUT2D eigenvalue weighted by Crippen LogP contribution is -2.22. The second-order valence-electron chi connectivity index (χ2n) is 3.39. The normalized spacial score (nSPS) is 11.2.